The van der Waals surface area contributed by atoms with Gasteiger partial charge in [-0.3, -0.25) is 4.90 Å². The summed E-state index contributed by atoms with van der Waals surface area (Å²) in [5.41, 5.74) is 3.58. The predicted molar refractivity (Wildman–Crippen MR) is 101 cm³/mol. The van der Waals surface area contributed by atoms with Crippen molar-refractivity contribution in [2.75, 3.05) is 32.7 Å². The summed E-state index contributed by atoms with van der Waals surface area (Å²) in [6, 6.07) is 16.9. The molecule has 128 valence electrons. The number of aliphatic hydroxyl groups excluding tert-OH is 1. The summed E-state index contributed by atoms with van der Waals surface area (Å²) in [5.74, 6) is 0.928. The van der Waals surface area contributed by atoms with Crippen LogP contribution < -0.4 is 5.32 Å². The van der Waals surface area contributed by atoms with Gasteiger partial charge in [0.25, 0.3) is 0 Å². The Morgan fingerprint density at radius 1 is 1.12 bits per heavy atom. The van der Waals surface area contributed by atoms with Gasteiger partial charge in [0, 0.05) is 43.4 Å². The van der Waals surface area contributed by atoms with Gasteiger partial charge in [-0.25, -0.2) is 0 Å². The molecule has 1 heterocycles. The van der Waals surface area contributed by atoms with Crippen molar-refractivity contribution in [1.82, 2.24) is 10.2 Å². The van der Waals surface area contributed by atoms with Crippen LogP contribution in [0.5, 0.6) is 0 Å². The number of piperazine rings is 1. The van der Waals surface area contributed by atoms with Crippen LogP contribution in [0.1, 0.15) is 22.8 Å². The van der Waals surface area contributed by atoms with E-state index in [-0.39, 0.29) is 0 Å². The molecule has 1 aliphatic heterocycles. The van der Waals surface area contributed by atoms with Crippen molar-refractivity contribution >= 4 is 11.8 Å². The quantitative estimate of drug-likeness (QED) is 0.790. The highest BCUT2D eigenvalue weighted by atomic mass is 32.2. The van der Waals surface area contributed by atoms with Gasteiger partial charge >= 0.3 is 0 Å². The second-order valence-corrected chi connectivity index (χ2v) is 7.40. The van der Waals surface area contributed by atoms with E-state index < -0.39 is 6.10 Å². The summed E-state index contributed by atoms with van der Waals surface area (Å²) < 4.78 is 0. The van der Waals surface area contributed by atoms with Crippen LogP contribution in [0.15, 0.2) is 53.4 Å². The van der Waals surface area contributed by atoms with E-state index in [1.165, 1.54) is 16.0 Å². The average molecular weight is 343 g/mol. The van der Waals surface area contributed by atoms with Gasteiger partial charge in [-0.05, 0) is 24.1 Å². The Bertz CT molecular complexity index is 641. The monoisotopic (exact) mass is 342 g/mol. The van der Waals surface area contributed by atoms with E-state index in [1.807, 2.05) is 17.8 Å². The number of nitrogens with zero attached hydrogens (tertiary/aromatic N) is 1. The zero-order chi connectivity index (χ0) is 16.8. The molecule has 2 aromatic rings. The number of aliphatic hydroxyl groups is 1. The molecule has 0 bridgehead atoms. The molecule has 0 aliphatic carbocycles. The Labute approximate surface area is 149 Å². The molecule has 1 fully saturated rings. The highest BCUT2D eigenvalue weighted by Crippen LogP contribution is 2.31. The van der Waals surface area contributed by atoms with Gasteiger partial charge in [-0.15, -0.1) is 11.8 Å². The summed E-state index contributed by atoms with van der Waals surface area (Å²) in [5, 5.41) is 14.2. The number of nitrogens with one attached hydrogen (secondary N) is 1. The lowest BCUT2D eigenvalue weighted by Gasteiger charge is -2.29. The first kappa shape index (κ1) is 17.5. The van der Waals surface area contributed by atoms with Crippen molar-refractivity contribution in [3.8, 4) is 0 Å². The number of rotatable bonds is 6. The Hall–Kier alpha value is -1.33. The maximum atomic E-state index is 10.8. The first-order valence-corrected chi connectivity index (χ1v) is 9.59. The highest BCUT2D eigenvalue weighted by Gasteiger charge is 2.18. The fourth-order valence-corrected chi connectivity index (χ4v) is 4.07. The molecule has 1 atom stereocenters. The lowest BCUT2D eigenvalue weighted by atomic mass is 10.1. The van der Waals surface area contributed by atoms with Crippen LogP contribution in [0.4, 0.5) is 0 Å². The number of benzene rings is 2. The number of aryl methyl sites for hydroxylation is 1. The molecule has 24 heavy (non-hydrogen) atoms. The van der Waals surface area contributed by atoms with Gasteiger partial charge in [0.2, 0.25) is 0 Å². The molecule has 3 nitrogen and oxygen atoms in total. The number of β-amino-alcohol motifs (C(OH)–C–C–N with tert-alkyl or cyclic N) is 1. The zero-order valence-corrected chi connectivity index (χ0v) is 15.1. The van der Waals surface area contributed by atoms with Crippen molar-refractivity contribution in [2.24, 2.45) is 0 Å². The minimum atomic E-state index is -0.429. The van der Waals surface area contributed by atoms with Crippen molar-refractivity contribution in [3.63, 3.8) is 0 Å². The SMILES string of the molecule is Cc1ccc(SCc2ccccc2)c(C(O)CN2CCNCC2)c1. The number of hydrogen-bond acceptors (Lipinski definition) is 4. The number of hydrogen-bond donors (Lipinski definition) is 2. The second-order valence-electron chi connectivity index (χ2n) is 6.38. The molecule has 1 unspecified atom stereocenters. The van der Waals surface area contributed by atoms with E-state index in [1.54, 1.807) is 0 Å². The standard InChI is InChI=1S/C20H26N2OS/c1-16-7-8-20(24-15-17-5-3-2-4-6-17)18(13-16)19(23)14-22-11-9-21-10-12-22/h2-8,13,19,21,23H,9-12,14-15H2,1H3. The minimum Gasteiger partial charge on any atom is -0.387 e. The Kier molecular flexibility index (Phi) is 6.32. The van der Waals surface area contributed by atoms with Crippen LogP contribution in [0.2, 0.25) is 0 Å². The van der Waals surface area contributed by atoms with Gasteiger partial charge in [0.15, 0.2) is 0 Å². The minimum absolute atomic E-state index is 0.429. The van der Waals surface area contributed by atoms with Gasteiger partial charge in [-0.1, -0.05) is 48.0 Å². The molecule has 0 radical (unpaired) electrons. The summed E-state index contributed by atoms with van der Waals surface area (Å²) in [7, 11) is 0. The Balaban J connectivity index is 1.69. The van der Waals surface area contributed by atoms with E-state index >= 15 is 0 Å². The zero-order valence-electron chi connectivity index (χ0n) is 14.2. The first-order chi connectivity index (χ1) is 11.7. The predicted octanol–water partition coefficient (Wildman–Crippen LogP) is 3.23. The molecule has 3 rings (SSSR count). The molecule has 2 N–H and O–H groups in total. The molecule has 0 spiro atoms. The molecule has 1 aliphatic rings. The Morgan fingerprint density at radius 2 is 1.88 bits per heavy atom. The fourth-order valence-electron chi connectivity index (χ4n) is 3.03. The van der Waals surface area contributed by atoms with Gasteiger partial charge in [0.05, 0.1) is 6.10 Å². The lowest BCUT2D eigenvalue weighted by Crippen LogP contribution is -2.45. The maximum absolute atomic E-state index is 10.8. The van der Waals surface area contributed by atoms with Crippen LogP contribution in [0, 0.1) is 6.92 Å². The van der Waals surface area contributed by atoms with Gasteiger partial charge < -0.3 is 10.4 Å². The molecular weight excluding hydrogens is 316 g/mol. The third-order valence-corrected chi connectivity index (χ3v) is 5.56. The van der Waals surface area contributed by atoms with Crippen LogP contribution in [-0.2, 0) is 5.75 Å². The lowest BCUT2D eigenvalue weighted by molar-refractivity contribution is 0.104. The second kappa shape index (κ2) is 8.67. The van der Waals surface area contributed by atoms with Crippen molar-refractivity contribution in [1.29, 1.82) is 0 Å². The van der Waals surface area contributed by atoms with Crippen molar-refractivity contribution in [2.45, 2.75) is 23.7 Å². The normalized spacial score (nSPS) is 16.9. The first-order valence-electron chi connectivity index (χ1n) is 8.61. The van der Waals surface area contributed by atoms with Crippen LogP contribution in [-0.4, -0.2) is 42.7 Å². The molecule has 2 aromatic carbocycles. The summed E-state index contributed by atoms with van der Waals surface area (Å²) in [4.78, 5) is 3.53. The molecule has 0 saturated carbocycles. The van der Waals surface area contributed by atoms with Crippen LogP contribution >= 0.6 is 11.8 Å². The maximum Gasteiger partial charge on any atom is 0.0927 e. The van der Waals surface area contributed by atoms with Crippen molar-refractivity contribution < 1.29 is 5.11 Å². The molecular formula is C20H26N2OS. The summed E-state index contributed by atoms with van der Waals surface area (Å²) >= 11 is 1.81. The fraction of sp³-hybridized carbons (Fsp3) is 0.400. The van der Waals surface area contributed by atoms with E-state index in [9.17, 15) is 5.11 Å². The van der Waals surface area contributed by atoms with E-state index in [4.69, 9.17) is 0 Å². The summed E-state index contributed by atoms with van der Waals surface area (Å²) in [6.45, 7) is 6.84. The molecule has 0 aromatic heterocycles. The molecule has 0 amide bonds. The summed E-state index contributed by atoms with van der Waals surface area (Å²) in [6.07, 6.45) is -0.429. The van der Waals surface area contributed by atoms with Crippen molar-refractivity contribution in [3.05, 3.63) is 65.2 Å². The van der Waals surface area contributed by atoms with Crippen LogP contribution in [0.3, 0.4) is 0 Å². The topological polar surface area (TPSA) is 35.5 Å². The van der Waals surface area contributed by atoms with E-state index in [0.717, 1.165) is 37.5 Å². The van der Waals surface area contributed by atoms with E-state index in [2.05, 4.69) is 59.6 Å². The average Bonchev–Trinajstić information content (AvgIpc) is 2.62. The third-order valence-electron chi connectivity index (χ3n) is 4.40. The smallest absolute Gasteiger partial charge is 0.0927 e. The Morgan fingerprint density at radius 3 is 2.62 bits per heavy atom. The highest BCUT2D eigenvalue weighted by molar-refractivity contribution is 7.98. The van der Waals surface area contributed by atoms with Gasteiger partial charge in [-0.2, -0.15) is 0 Å². The van der Waals surface area contributed by atoms with Gasteiger partial charge in [0.1, 0.15) is 0 Å². The molecule has 4 heteroatoms. The number of thioether (sulfide) groups is 1. The molecule has 1 saturated heterocycles. The third kappa shape index (κ3) is 4.84. The largest absolute Gasteiger partial charge is 0.387 e. The van der Waals surface area contributed by atoms with E-state index in [0.29, 0.717) is 6.54 Å². The van der Waals surface area contributed by atoms with Crippen LogP contribution in [0.25, 0.3) is 0 Å².